The number of hydrogen-bond donors (Lipinski definition) is 1. The van der Waals surface area contributed by atoms with Crippen molar-refractivity contribution in [3.63, 3.8) is 0 Å². The van der Waals surface area contributed by atoms with E-state index in [1.54, 1.807) is 6.20 Å². The van der Waals surface area contributed by atoms with Crippen molar-refractivity contribution in [3.05, 3.63) is 54.2 Å². The van der Waals surface area contributed by atoms with Crippen LogP contribution in [-0.2, 0) is 0 Å². The molecule has 0 saturated carbocycles. The molecule has 1 aromatic carbocycles. The SMILES string of the molecule is CC.CNCC(c1ccc(Oc2ccccn2)cc1)N(C)C. The smallest absolute Gasteiger partial charge is 0.219 e. The van der Waals surface area contributed by atoms with Gasteiger partial charge in [-0.1, -0.05) is 32.0 Å². The van der Waals surface area contributed by atoms with Gasteiger partial charge in [-0.05, 0) is 44.9 Å². The molecule has 0 spiro atoms. The molecule has 120 valence electrons. The number of ether oxygens (including phenoxy) is 1. The van der Waals surface area contributed by atoms with Gasteiger partial charge in [-0.3, -0.25) is 0 Å². The van der Waals surface area contributed by atoms with Crippen molar-refractivity contribution in [2.24, 2.45) is 0 Å². The summed E-state index contributed by atoms with van der Waals surface area (Å²) in [5.74, 6) is 1.41. The predicted octanol–water partition coefficient (Wildman–Crippen LogP) is 3.72. The first-order valence-electron chi connectivity index (χ1n) is 7.70. The minimum Gasteiger partial charge on any atom is -0.439 e. The Kier molecular flexibility index (Phi) is 8.18. The first-order chi connectivity index (χ1) is 10.7. The standard InChI is InChI=1S/C16H21N3O.C2H6/c1-17-12-15(19(2)3)13-7-9-14(10-8-13)20-16-6-4-5-11-18-16;1-2/h4-11,15,17H,12H2,1-3H3;1-2H3. The maximum absolute atomic E-state index is 5.69. The second kappa shape index (κ2) is 9.92. The highest BCUT2D eigenvalue weighted by atomic mass is 16.5. The Balaban J connectivity index is 0.00000116. The lowest BCUT2D eigenvalue weighted by molar-refractivity contribution is 0.293. The highest BCUT2D eigenvalue weighted by molar-refractivity contribution is 5.32. The molecule has 1 N–H and O–H groups in total. The first-order valence-corrected chi connectivity index (χ1v) is 7.70. The highest BCUT2D eigenvalue weighted by Gasteiger charge is 2.12. The average molecular weight is 301 g/mol. The molecule has 1 aromatic heterocycles. The van der Waals surface area contributed by atoms with Gasteiger partial charge >= 0.3 is 0 Å². The minimum absolute atomic E-state index is 0.351. The summed E-state index contributed by atoms with van der Waals surface area (Å²) in [6.07, 6.45) is 1.72. The topological polar surface area (TPSA) is 37.4 Å². The van der Waals surface area contributed by atoms with Gasteiger partial charge in [0.1, 0.15) is 5.75 Å². The first kappa shape index (κ1) is 18.1. The summed E-state index contributed by atoms with van der Waals surface area (Å²) in [6.45, 7) is 4.91. The van der Waals surface area contributed by atoms with Crippen molar-refractivity contribution >= 4 is 0 Å². The molecule has 0 amide bonds. The van der Waals surface area contributed by atoms with Crippen molar-refractivity contribution < 1.29 is 4.74 Å². The molecule has 0 fully saturated rings. The Morgan fingerprint density at radius 3 is 2.27 bits per heavy atom. The normalized spacial score (nSPS) is 11.5. The van der Waals surface area contributed by atoms with E-state index in [1.807, 2.05) is 51.2 Å². The lowest BCUT2D eigenvalue weighted by atomic mass is 10.1. The van der Waals surface area contributed by atoms with Gasteiger partial charge < -0.3 is 15.0 Å². The van der Waals surface area contributed by atoms with E-state index in [4.69, 9.17) is 4.74 Å². The zero-order chi connectivity index (χ0) is 16.4. The number of rotatable bonds is 6. The van der Waals surface area contributed by atoms with E-state index < -0.39 is 0 Å². The Morgan fingerprint density at radius 2 is 1.77 bits per heavy atom. The molecule has 1 heterocycles. The summed E-state index contributed by atoms with van der Waals surface area (Å²) >= 11 is 0. The fourth-order valence-electron chi connectivity index (χ4n) is 2.08. The van der Waals surface area contributed by atoms with E-state index in [2.05, 4.69) is 41.4 Å². The molecule has 0 bridgehead atoms. The van der Waals surface area contributed by atoms with Crippen LogP contribution in [0.3, 0.4) is 0 Å². The van der Waals surface area contributed by atoms with Gasteiger partial charge in [0.2, 0.25) is 5.88 Å². The summed E-state index contributed by atoms with van der Waals surface area (Å²) in [7, 11) is 6.13. The van der Waals surface area contributed by atoms with E-state index in [0.29, 0.717) is 11.9 Å². The van der Waals surface area contributed by atoms with Crippen molar-refractivity contribution in [1.29, 1.82) is 0 Å². The Morgan fingerprint density at radius 1 is 1.09 bits per heavy atom. The fourth-order valence-corrected chi connectivity index (χ4v) is 2.08. The molecule has 2 rings (SSSR count). The van der Waals surface area contributed by atoms with E-state index in [9.17, 15) is 0 Å². The van der Waals surface area contributed by atoms with Gasteiger partial charge in [0, 0.05) is 24.8 Å². The third kappa shape index (κ3) is 5.47. The van der Waals surface area contributed by atoms with Crippen LogP contribution in [-0.4, -0.2) is 37.6 Å². The largest absolute Gasteiger partial charge is 0.439 e. The molecule has 1 atom stereocenters. The van der Waals surface area contributed by atoms with Crippen molar-refractivity contribution in [1.82, 2.24) is 15.2 Å². The van der Waals surface area contributed by atoms with E-state index in [0.717, 1.165) is 12.3 Å². The van der Waals surface area contributed by atoms with Crippen LogP contribution in [0.5, 0.6) is 11.6 Å². The number of nitrogens with zero attached hydrogens (tertiary/aromatic N) is 2. The van der Waals surface area contributed by atoms with Crippen LogP contribution in [0.1, 0.15) is 25.5 Å². The van der Waals surface area contributed by atoms with Crippen molar-refractivity contribution in [2.75, 3.05) is 27.7 Å². The zero-order valence-electron chi connectivity index (χ0n) is 14.2. The minimum atomic E-state index is 0.351. The van der Waals surface area contributed by atoms with Gasteiger partial charge in [0.05, 0.1) is 0 Å². The number of likely N-dealkylation sites (N-methyl/N-ethyl adjacent to an activating group) is 2. The number of pyridine rings is 1. The predicted molar refractivity (Wildman–Crippen MR) is 92.5 cm³/mol. The lowest BCUT2D eigenvalue weighted by Gasteiger charge is -2.24. The molecule has 0 aliphatic rings. The molecule has 4 heteroatoms. The van der Waals surface area contributed by atoms with Crippen LogP contribution in [0, 0.1) is 0 Å². The Labute approximate surface area is 134 Å². The second-order valence-corrected chi connectivity index (χ2v) is 4.88. The molecular weight excluding hydrogens is 274 g/mol. The number of nitrogens with one attached hydrogen (secondary N) is 1. The Hall–Kier alpha value is -1.91. The van der Waals surface area contributed by atoms with Gasteiger partial charge in [0.25, 0.3) is 0 Å². The van der Waals surface area contributed by atoms with Crippen molar-refractivity contribution in [2.45, 2.75) is 19.9 Å². The monoisotopic (exact) mass is 301 g/mol. The van der Waals surface area contributed by atoms with Gasteiger partial charge in [-0.25, -0.2) is 4.98 Å². The van der Waals surface area contributed by atoms with Crippen LogP contribution in [0.15, 0.2) is 48.7 Å². The van der Waals surface area contributed by atoms with E-state index in [1.165, 1.54) is 5.56 Å². The van der Waals surface area contributed by atoms with Gasteiger partial charge in [-0.15, -0.1) is 0 Å². The van der Waals surface area contributed by atoms with Crippen LogP contribution in [0.2, 0.25) is 0 Å². The van der Waals surface area contributed by atoms with E-state index >= 15 is 0 Å². The summed E-state index contributed by atoms with van der Waals surface area (Å²) in [6, 6.07) is 14.1. The van der Waals surface area contributed by atoms with Gasteiger partial charge in [-0.2, -0.15) is 0 Å². The van der Waals surface area contributed by atoms with Gasteiger partial charge in [0.15, 0.2) is 0 Å². The molecular formula is C18H27N3O. The molecule has 0 aliphatic heterocycles. The van der Waals surface area contributed by atoms with Crippen LogP contribution < -0.4 is 10.1 Å². The molecule has 0 radical (unpaired) electrons. The molecule has 0 saturated heterocycles. The number of aromatic nitrogens is 1. The fraction of sp³-hybridized carbons (Fsp3) is 0.389. The summed E-state index contributed by atoms with van der Waals surface area (Å²) in [5.41, 5.74) is 1.26. The summed E-state index contributed by atoms with van der Waals surface area (Å²) in [4.78, 5) is 6.35. The third-order valence-electron chi connectivity index (χ3n) is 3.15. The molecule has 22 heavy (non-hydrogen) atoms. The quantitative estimate of drug-likeness (QED) is 0.882. The zero-order valence-corrected chi connectivity index (χ0v) is 14.2. The molecule has 2 aromatic rings. The number of hydrogen-bond acceptors (Lipinski definition) is 4. The van der Waals surface area contributed by atoms with E-state index in [-0.39, 0.29) is 0 Å². The lowest BCUT2D eigenvalue weighted by Crippen LogP contribution is -2.29. The van der Waals surface area contributed by atoms with Crippen LogP contribution in [0.4, 0.5) is 0 Å². The maximum atomic E-state index is 5.69. The molecule has 0 aliphatic carbocycles. The number of benzene rings is 1. The molecule has 4 nitrogen and oxygen atoms in total. The summed E-state index contributed by atoms with van der Waals surface area (Å²) in [5, 5.41) is 3.22. The van der Waals surface area contributed by atoms with Crippen LogP contribution >= 0.6 is 0 Å². The van der Waals surface area contributed by atoms with Crippen molar-refractivity contribution in [3.8, 4) is 11.6 Å². The summed E-state index contributed by atoms with van der Waals surface area (Å²) < 4.78 is 5.69. The third-order valence-corrected chi connectivity index (χ3v) is 3.15. The van der Waals surface area contributed by atoms with Crippen LogP contribution in [0.25, 0.3) is 0 Å². The average Bonchev–Trinajstić information content (AvgIpc) is 2.56. The second-order valence-electron chi connectivity index (χ2n) is 4.88. The maximum Gasteiger partial charge on any atom is 0.219 e. The molecule has 1 unspecified atom stereocenters. The highest BCUT2D eigenvalue weighted by Crippen LogP contribution is 2.23. The Bertz CT molecular complexity index is 512.